The van der Waals surface area contributed by atoms with Crippen LogP contribution in [0.25, 0.3) is 6.08 Å². The first-order chi connectivity index (χ1) is 14.1. The lowest BCUT2D eigenvalue weighted by Gasteiger charge is -2.28. The van der Waals surface area contributed by atoms with Crippen molar-refractivity contribution in [3.63, 3.8) is 0 Å². The molecule has 0 heterocycles. The highest BCUT2D eigenvalue weighted by Crippen LogP contribution is 2.29. The molecule has 3 aromatic rings. The van der Waals surface area contributed by atoms with Gasteiger partial charge < -0.3 is 14.4 Å². The molecular formula is C25H25NO3. The van der Waals surface area contributed by atoms with Crippen molar-refractivity contribution in [3.8, 4) is 11.5 Å². The molecular weight excluding hydrogens is 362 g/mol. The third-order valence-corrected chi connectivity index (χ3v) is 4.81. The van der Waals surface area contributed by atoms with Crippen molar-refractivity contribution in [1.82, 2.24) is 4.90 Å². The van der Waals surface area contributed by atoms with Crippen LogP contribution in [0.3, 0.4) is 0 Å². The monoisotopic (exact) mass is 387 g/mol. The summed E-state index contributed by atoms with van der Waals surface area (Å²) < 4.78 is 10.7. The summed E-state index contributed by atoms with van der Waals surface area (Å²) >= 11 is 0. The molecule has 0 aliphatic heterocycles. The number of hydrogen-bond acceptors (Lipinski definition) is 3. The van der Waals surface area contributed by atoms with Crippen LogP contribution in [0, 0.1) is 0 Å². The van der Waals surface area contributed by atoms with Crippen LogP contribution in [0.2, 0.25) is 0 Å². The van der Waals surface area contributed by atoms with Crippen LogP contribution in [0.5, 0.6) is 11.5 Å². The number of carbonyl (C=O) groups is 1. The van der Waals surface area contributed by atoms with Gasteiger partial charge >= 0.3 is 0 Å². The highest BCUT2D eigenvalue weighted by Gasteiger charge is 2.22. The number of benzene rings is 3. The lowest BCUT2D eigenvalue weighted by molar-refractivity contribution is -0.126. The van der Waals surface area contributed by atoms with E-state index in [9.17, 15) is 4.79 Å². The zero-order chi connectivity index (χ0) is 20.6. The molecule has 0 bridgehead atoms. The van der Waals surface area contributed by atoms with Crippen molar-refractivity contribution in [2.75, 3.05) is 21.3 Å². The Morgan fingerprint density at radius 3 is 1.97 bits per heavy atom. The Morgan fingerprint density at radius 1 is 0.862 bits per heavy atom. The van der Waals surface area contributed by atoms with Gasteiger partial charge in [-0.25, -0.2) is 0 Å². The van der Waals surface area contributed by atoms with Gasteiger partial charge in [-0.1, -0.05) is 60.7 Å². The van der Waals surface area contributed by atoms with Gasteiger partial charge in [0.25, 0.3) is 0 Å². The van der Waals surface area contributed by atoms with E-state index in [0.29, 0.717) is 11.5 Å². The Bertz CT molecular complexity index is 928. The van der Waals surface area contributed by atoms with Crippen LogP contribution in [-0.4, -0.2) is 32.1 Å². The third-order valence-electron chi connectivity index (χ3n) is 4.81. The molecule has 29 heavy (non-hydrogen) atoms. The number of hydrogen-bond donors (Lipinski definition) is 0. The lowest BCUT2D eigenvalue weighted by Crippen LogP contribution is -2.30. The minimum atomic E-state index is -0.179. The summed E-state index contributed by atoms with van der Waals surface area (Å²) in [6, 6.07) is 25.4. The maximum absolute atomic E-state index is 13.0. The Kier molecular flexibility index (Phi) is 6.69. The normalized spacial score (nSPS) is 10.9. The lowest BCUT2D eigenvalue weighted by atomic mass is 9.97. The minimum Gasteiger partial charge on any atom is -0.497 e. The zero-order valence-corrected chi connectivity index (χ0v) is 16.9. The number of rotatable bonds is 7. The Hall–Kier alpha value is -3.53. The van der Waals surface area contributed by atoms with Crippen molar-refractivity contribution in [2.45, 2.75) is 6.04 Å². The number of ether oxygens (including phenoxy) is 2. The van der Waals surface area contributed by atoms with E-state index in [4.69, 9.17) is 9.47 Å². The minimum absolute atomic E-state index is 0.104. The fourth-order valence-electron chi connectivity index (χ4n) is 3.29. The maximum Gasteiger partial charge on any atom is 0.247 e. The first-order valence-electron chi connectivity index (χ1n) is 9.41. The van der Waals surface area contributed by atoms with Crippen molar-refractivity contribution < 1.29 is 14.3 Å². The summed E-state index contributed by atoms with van der Waals surface area (Å²) in [6.07, 6.45) is 3.32. The fraction of sp³-hybridized carbons (Fsp3) is 0.160. The topological polar surface area (TPSA) is 38.8 Å². The van der Waals surface area contributed by atoms with E-state index in [1.165, 1.54) is 0 Å². The molecule has 1 amide bonds. The standard InChI is InChI=1S/C25H25NO3/c1-26(24(27)17-14-21-18-22(28-2)15-16-23(21)29-3)25(19-10-6-4-7-11-19)20-12-8-5-9-13-20/h4-18,25H,1-3H3/b17-14+. The first kappa shape index (κ1) is 20.2. The van der Waals surface area contributed by atoms with Gasteiger partial charge in [0.15, 0.2) is 0 Å². The van der Waals surface area contributed by atoms with E-state index >= 15 is 0 Å². The van der Waals surface area contributed by atoms with Crippen molar-refractivity contribution in [2.24, 2.45) is 0 Å². The molecule has 0 radical (unpaired) electrons. The molecule has 4 heteroatoms. The van der Waals surface area contributed by atoms with Gasteiger partial charge in [0, 0.05) is 18.7 Å². The summed E-state index contributed by atoms with van der Waals surface area (Å²) in [4.78, 5) is 14.8. The van der Waals surface area contributed by atoms with Crippen LogP contribution in [0.1, 0.15) is 22.7 Å². The van der Waals surface area contributed by atoms with Gasteiger partial charge in [0.05, 0.1) is 20.3 Å². The largest absolute Gasteiger partial charge is 0.497 e. The number of nitrogens with zero attached hydrogens (tertiary/aromatic N) is 1. The number of carbonyl (C=O) groups excluding carboxylic acids is 1. The Balaban J connectivity index is 1.90. The second kappa shape index (κ2) is 9.60. The maximum atomic E-state index is 13.0. The first-order valence-corrected chi connectivity index (χ1v) is 9.41. The van der Waals surface area contributed by atoms with Crippen LogP contribution in [0.4, 0.5) is 0 Å². The third kappa shape index (κ3) is 4.85. The second-order valence-electron chi connectivity index (χ2n) is 6.61. The number of methoxy groups -OCH3 is 2. The van der Waals surface area contributed by atoms with Crippen LogP contribution < -0.4 is 9.47 Å². The SMILES string of the molecule is COc1ccc(OC)c(/C=C/C(=O)N(C)C(c2ccccc2)c2ccccc2)c1. The summed E-state index contributed by atoms with van der Waals surface area (Å²) in [5.74, 6) is 1.28. The molecule has 0 aliphatic rings. The van der Waals surface area contributed by atoms with Gasteiger partial charge in [-0.15, -0.1) is 0 Å². The van der Waals surface area contributed by atoms with Crippen molar-refractivity contribution in [3.05, 3.63) is 102 Å². The highest BCUT2D eigenvalue weighted by molar-refractivity contribution is 5.92. The molecule has 148 valence electrons. The van der Waals surface area contributed by atoms with Gasteiger partial charge in [-0.05, 0) is 35.4 Å². The molecule has 0 atom stereocenters. The van der Waals surface area contributed by atoms with Gasteiger partial charge in [0.1, 0.15) is 11.5 Å². The molecule has 0 aliphatic carbocycles. The average Bonchev–Trinajstić information content (AvgIpc) is 2.78. The highest BCUT2D eigenvalue weighted by atomic mass is 16.5. The summed E-state index contributed by atoms with van der Waals surface area (Å²) in [7, 11) is 5.03. The zero-order valence-electron chi connectivity index (χ0n) is 16.9. The van der Waals surface area contributed by atoms with Crippen LogP contribution in [0.15, 0.2) is 84.9 Å². The van der Waals surface area contributed by atoms with E-state index < -0.39 is 0 Å². The molecule has 3 rings (SSSR count). The molecule has 0 fully saturated rings. The summed E-state index contributed by atoms with van der Waals surface area (Å²) in [6.45, 7) is 0. The summed E-state index contributed by atoms with van der Waals surface area (Å²) in [5.41, 5.74) is 2.90. The van der Waals surface area contributed by atoms with E-state index in [-0.39, 0.29) is 11.9 Å². The molecule has 4 nitrogen and oxygen atoms in total. The number of likely N-dealkylation sites (N-methyl/N-ethyl adjacent to an activating group) is 1. The van der Waals surface area contributed by atoms with Gasteiger partial charge in [0.2, 0.25) is 5.91 Å². The van der Waals surface area contributed by atoms with Crippen molar-refractivity contribution in [1.29, 1.82) is 0 Å². The Morgan fingerprint density at radius 2 is 1.45 bits per heavy atom. The summed E-state index contributed by atoms with van der Waals surface area (Å²) in [5, 5.41) is 0. The second-order valence-corrected chi connectivity index (χ2v) is 6.61. The Labute approximate surface area is 172 Å². The fourth-order valence-corrected chi connectivity index (χ4v) is 3.29. The molecule has 0 N–H and O–H groups in total. The quantitative estimate of drug-likeness (QED) is 0.538. The van der Waals surface area contributed by atoms with Gasteiger partial charge in [-0.3, -0.25) is 4.79 Å². The van der Waals surface area contributed by atoms with Crippen LogP contribution >= 0.6 is 0 Å². The van der Waals surface area contributed by atoms with E-state index in [2.05, 4.69) is 0 Å². The van der Waals surface area contributed by atoms with E-state index in [1.54, 1.807) is 31.3 Å². The molecule has 0 saturated carbocycles. The van der Waals surface area contributed by atoms with E-state index in [0.717, 1.165) is 16.7 Å². The molecule has 0 spiro atoms. The molecule has 0 saturated heterocycles. The number of amides is 1. The smallest absolute Gasteiger partial charge is 0.247 e. The van der Waals surface area contributed by atoms with Crippen molar-refractivity contribution >= 4 is 12.0 Å². The molecule has 0 unspecified atom stereocenters. The average molecular weight is 387 g/mol. The molecule has 3 aromatic carbocycles. The predicted octanol–water partition coefficient (Wildman–Crippen LogP) is 4.97. The molecule has 0 aromatic heterocycles. The van der Waals surface area contributed by atoms with E-state index in [1.807, 2.05) is 85.9 Å². The van der Waals surface area contributed by atoms with Crippen LogP contribution in [-0.2, 0) is 4.79 Å². The van der Waals surface area contributed by atoms with Gasteiger partial charge in [-0.2, -0.15) is 0 Å². The predicted molar refractivity (Wildman–Crippen MR) is 116 cm³/mol.